The van der Waals surface area contributed by atoms with Gasteiger partial charge in [0.15, 0.2) is 0 Å². The number of rotatable bonds is 2. The highest BCUT2D eigenvalue weighted by atomic mass is 79.9. The Bertz CT molecular complexity index is 439. The van der Waals surface area contributed by atoms with Crippen LogP contribution in [0.3, 0.4) is 0 Å². The lowest BCUT2D eigenvalue weighted by atomic mass is 10.1. The van der Waals surface area contributed by atoms with E-state index >= 15 is 0 Å². The molecule has 0 N–H and O–H groups in total. The molecule has 0 bridgehead atoms. The maximum absolute atomic E-state index is 13.4. The maximum atomic E-state index is 13.4. The Morgan fingerprint density at radius 2 is 2.29 bits per heavy atom. The third-order valence-electron chi connectivity index (χ3n) is 2.83. The summed E-state index contributed by atoms with van der Waals surface area (Å²) in [6, 6.07) is 4.47. The molecule has 1 aromatic carbocycles. The molecule has 1 aliphatic rings. The van der Waals surface area contributed by atoms with Crippen LogP contribution >= 0.6 is 15.9 Å². The van der Waals surface area contributed by atoms with Crippen LogP contribution in [0.4, 0.5) is 8.78 Å². The molecule has 0 radical (unpaired) electrons. The lowest BCUT2D eigenvalue weighted by Crippen LogP contribution is -2.30. The molecule has 1 heterocycles. The van der Waals surface area contributed by atoms with Gasteiger partial charge in [-0.3, -0.25) is 4.79 Å². The fraction of sp³-hybridized carbons (Fsp3) is 0.417. The Morgan fingerprint density at radius 3 is 2.94 bits per heavy atom. The molecule has 0 saturated carbocycles. The smallest absolute Gasteiger partial charge is 0.227 e. The highest BCUT2D eigenvalue weighted by Crippen LogP contribution is 2.18. The molecule has 0 aliphatic carbocycles. The monoisotopic (exact) mass is 303 g/mol. The first kappa shape index (κ1) is 12.5. The van der Waals surface area contributed by atoms with Crippen molar-refractivity contribution < 1.29 is 13.6 Å². The Hall–Kier alpha value is -0.970. The summed E-state index contributed by atoms with van der Waals surface area (Å²) in [5.41, 5.74) is 0.340. The zero-order valence-corrected chi connectivity index (χ0v) is 10.7. The van der Waals surface area contributed by atoms with Gasteiger partial charge in [-0.2, -0.15) is 0 Å². The van der Waals surface area contributed by atoms with Crippen molar-refractivity contribution in [2.45, 2.75) is 19.0 Å². The number of likely N-dealkylation sites (tertiary alicyclic amines) is 1. The molecule has 1 fully saturated rings. The molecule has 1 aliphatic heterocycles. The van der Waals surface area contributed by atoms with Gasteiger partial charge in [0, 0.05) is 11.0 Å². The number of nitrogens with zero attached hydrogens (tertiary/aromatic N) is 1. The molecule has 2 nitrogen and oxygen atoms in total. The predicted octanol–water partition coefficient (Wildman–Crippen LogP) is 2.70. The van der Waals surface area contributed by atoms with Gasteiger partial charge < -0.3 is 4.90 Å². The topological polar surface area (TPSA) is 20.3 Å². The summed E-state index contributed by atoms with van der Waals surface area (Å²) in [5, 5.41) is 0. The molecule has 5 heteroatoms. The van der Waals surface area contributed by atoms with Crippen LogP contribution in [0.1, 0.15) is 12.0 Å². The number of carbonyl (C=O) groups excluding carboxylic acids is 1. The molecular weight excluding hydrogens is 292 g/mol. The van der Waals surface area contributed by atoms with Gasteiger partial charge in [0.1, 0.15) is 12.0 Å². The summed E-state index contributed by atoms with van der Waals surface area (Å²) in [6.45, 7) is 0.560. The van der Waals surface area contributed by atoms with Crippen molar-refractivity contribution in [2.24, 2.45) is 0 Å². The molecule has 1 atom stereocenters. The average molecular weight is 304 g/mol. The molecule has 2 rings (SSSR count). The number of carbonyl (C=O) groups is 1. The third-order valence-corrected chi connectivity index (χ3v) is 3.33. The number of halogens is 3. The highest BCUT2D eigenvalue weighted by molar-refractivity contribution is 9.10. The molecule has 0 aromatic heterocycles. The van der Waals surface area contributed by atoms with Gasteiger partial charge in [-0.15, -0.1) is 0 Å². The molecular formula is C12H12BrF2NO. The number of alkyl halides is 1. The number of amides is 1. The summed E-state index contributed by atoms with van der Waals surface area (Å²) < 4.78 is 27.1. The summed E-state index contributed by atoms with van der Waals surface area (Å²) in [4.78, 5) is 13.3. The first-order valence-electron chi connectivity index (χ1n) is 5.42. The Morgan fingerprint density at radius 1 is 1.53 bits per heavy atom. The number of hydrogen-bond acceptors (Lipinski definition) is 1. The number of hydrogen-bond donors (Lipinski definition) is 0. The van der Waals surface area contributed by atoms with Crippen LogP contribution in [0.2, 0.25) is 0 Å². The van der Waals surface area contributed by atoms with Crippen molar-refractivity contribution in [3.05, 3.63) is 34.1 Å². The van der Waals surface area contributed by atoms with Crippen LogP contribution in [0.25, 0.3) is 0 Å². The van der Waals surface area contributed by atoms with Crippen LogP contribution in [0, 0.1) is 5.82 Å². The Labute approximate surface area is 107 Å². The van der Waals surface area contributed by atoms with Crippen molar-refractivity contribution in [1.82, 2.24) is 4.90 Å². The summed E-state index contributed by atoms with van der Waals surface area (Å²) in [7, 11) is 0. The highest BCUT2D eigenvalue weighted by Gasteiger charge is 2.26. The largest absolute Gasteiger partial charge is 0.339 e. The van der Waals surface area contributed by atoms with Crippen molar-refractivity contribution in [3.63, 3.8) is 0 Å². The second-order valence-corrected chi connectivity index (χ2v) is 5.05. The van der Waals surface area contributed by atoms with Crippen molar-refractivity contribution in [3.8, 4) is 0 Å². The molecule has 1 aromatic rings. The van der Waals surface area contributed by atoms with E-state index in [2.05, 4.69) is 15.9 Å². The average Bonchev–Trinajstić information content (AvgIpc) is 2.70. The second kappa shape index (κ2) is 5.12. The zero-order valence-electron chi connectivity index (χ0n) is 9.13. The summed E-state index contributed by atoms with van der Waals surface area (Å²) in [6.07, 6.45) is -0.573. The van der Waals surface area contributed by atoms with E-state index in [4.69, 9.17) is 0 Å². The zero-order chi connectivity index (χ0) is 12.4. The van der Waals surface area contributed by atoms with Gasteiger partial charge in [-0.1, -0.05) is 15.9 Å². The third kappa shape index (κ3) is 3.03. The molecule has 0 spiro atoms. The van der Waals surface area contributed by atoms with Gasteiger partial charge in [0.2, 0.25) is 5.91 Å². The lowest BCUT2D eigenvalue weighted by molar-refractivity contribution is -0.129. The molecule has 1 saturated heterocycles. The van der Waals surface area contributed by atoms with Crippen molar-refractivity contribution in [2.75, 3.05) is 13.1 Å². The van der Waals surface area contributed by atoms with E-state index in [0.29, 0.717) is 18.5 Å². The Balaban J connectivity index is 2.05. The minimum Gasteiger partial charge on any atom is -0.339 e. The Kier molecular flexibility index (Phi) is 3.76. The molecule has 1 amide bonds. The van der Waals surface area contributed by atoms with Gasteiger partial charge >= 0.3 is 0 Å². The van der Waals surface area contributed by atoms with Crippen LogP contribution in [-0.2, 0) is 11.2 Å². The van der Waals surface area contributed by atoms with Gasteiger partial charge in [-0.05, 0) is 30.2 Å². The first-order valence-corrected chi connectivity index (χ1v) is 6.21. The SMILES string of the molecule is O=C(Cc1cc(Br)ccc1F)N1CC[C@@H](F)C1. The van der Waals surface area contributed by atoms with E-state index in [1.165, 1.54) is 11.0 Å². The van der Waals surface area contributed by atoms with Gasteiger partial charge in [0.05, 0.1) is 13.0 Å². The van der Waals surface area contributed by atoms with Crippen molar-refractivity contribution in [1.29, 1.82) is 0 Å². The fourth-order valence-corrected chi connectivity index (χ4v) is 2.31. The van der Waals surface area contributed by atoms with E-state index in [9.17, 15) is 13.6 Å². The van der Waals surface area contributed by atoms with Gasteiger partial charge in [0.25, 0.3) is 0 Å². The maximum Gasteiger partial charge on any atom is 0.227 e. The molecule has 0 unspecified atom stereocenters. The minimum absolute atomic E-state index is 0.0159. The summed E-state index contributed by atoms with van der Waals surface area (Å²) >= 11 is 3.23. The molecule has 92 valence electrons. The van der Waals surface area contributed by atoms with Crippen LogP contribution < -0.4 is 0 Å². The van der Waals surface area contributed by atoms with E-state index < -0.39 is 12.0 Å². The number of benzene rings is 1. The van der Waals surface area contributed by atoms with E-state index in [1.807, 2.05) is 0 Å². The van der Waals surface area contributed by atoms with Crippen LogP contribution in [-0.4, -0.2) is 30.1 Å². The second-order valence-electron chi connectivity index (χ2n) is 4.14. The minimum atomic E-state index is -0.939. The summed E-state index contributed by atoms with van der Waals surface area (Å²) in [5.74, 6) is -0.625. The standard InChI is InChI=1S/C12H12BrF2NO/c13-9-1-2-11(15)8(5-9)6-12(17)16-4-3-10(14)7-16/h1-2,5,10H,3-4,6-7H2/t10-/m1/s1. The van der Waals surface area contributed by atoms with E-state index in [1.54, 1.807) is 12.1 Å². The quantitative estimate of drug-likeness (QED) is 0.822. The van der Waals surface area contributed by atoms with E-state index in [0.717, 1.165) is 4.47 Å². The molecule has 17 heavy (non-hydrogen) atoms. The first-order chi connectivity index (χ1) is 8.06. The van der Waals surface area contributed by atoms with Crippen molar-refractivity contribution >= 4 is 21.8 Å². The fourth-order valence-electron chi connectivity index (χ4n) is 1.90. The predicted molar refractivity (Wildman–Crippen MR) is 63.9 cm³/mol. The van der Waals surface area contributed by atoms with Crippen LogP contribution in [0.5, 0.6) is 0 Å². The van der Waals surface area contributed by atoms with Gasteiger partial charge in [-0.25, -0.2) is 8.78 Å². The normalized spacial score (nSPS) is 19.7. The van der Waals surface area contributed by atoms with Crippen LogP contribution in [0.15, 0.2) is 22.7 Å². The van der Waals surface area contributed by atoms with E-state index in [-0.39, 0.29) is 18.9 Å². The lowest BCUT2D eigenvalue weighted by Gasteiger charge is -2.15.